The third-order valence-corrected chi connectivity index (χ3v) is 2.37. The van der Waals surface area contributed by atoms with Gasteiger partial charge in [-0.25, -0.2) is 0 Å². The van der Waals surface area contributed by atoms with Gasteiger partial charge in [-0.05, 0) is 24.5 Å². The Bertz CT molecular complexity index is 351. The number of carbonyl (C=O) groups is 2. The van der Waals surface area contributed by atoms with Gasteiger partial charge in [0.05, 0.1) is 0 Å². The van der Waals surface area contributed by atoms with Crippen molar-refractivity contribution in [2.75, 3.05) is 0 Å². The van der Waals surface area contributed by atoms with Gasteiger partial charge in [-0.2, -0.15) is 0 Å². The van der Waals surface area contributed by atoms with Gasteiger partial charge in [0.2, 0.25) is 0 Å². The van der Waals surface area contributed by atoms with Gasteiger partial charge in [0.25, 0.3) is 0 Å². The SMILES string of the molecule is CCc1ccc(C(C(C)=O)C(=O)O)cc1. The molecule has 0 aliphatic carbocycles. The quantitative estimate of drug-likeness (QED) is 0.766. The monoisotopic (exact) mass is 206 g/mol. The Morgan fingerprint density at radius 3 is 2.13 bits per heavy atom. The van der Waals surface area contributed by atoms with E-state index >= 15 is 0 Å². The van der Waals surface area contributed by atoms with Crippen LogP contribution < -0.4 is 0 Å². The smallest absolute Gasteiger partial charge is 0.318 e. The van der Waals surface area contributed by atoms with E-state index in [1.165, 1.54) is 6.92 Å². The van der Waals surface area contributed by atoms with Gasteiger partial charge in [-0.1, -0.05) is 31.2 Å². The van der Waals surface area contributed by atoms with Crippen molar-refractivity contribution in [2.45, 2.75) is 26.2 Å². The number of hydrogen-bond donors (Lipinski definition) is 1. The normalized spacial score (nSPS) is 12.1. The van der Waals surface area contributed by atoms with E-state index in [0.717, 1.165) is 12.0 Å². The fourth-order valence-electron chi connectivity index (χ4n) is 1.50. The maximum Gasteiger partial charge on any atom is 0.318 e. The molecule has 0 spiro atoms. The lowest BCUT2D eigenvalue weighted by Crippen LogP contribution is -2.19. The number of rotatable bonds is 4. The lowest BCUT2D eigenvalue weighted by Gasteiger charge is -2.09. The van der Waals surface area contributed by atoms with E-state index in [1.54, 1.807) is 12.1 Å². The molecule has 0 aliphatic heterocycles. The van der Waals surface area contributed by atoms with Crippen LogP contribution >= 0.6 is 0 Å². The first-order valence-electron chi connectivity index (χ1n) is 4.88. The van der Waals surface area contributed by atoms with Crippen molar-refractivity contribution in [1.29, 1.82) is 0 Å². The molecule has 0 amide bonds. The van der Waals surface area contributed by atoms with Crippen LogP contribution in [0.1, 0.15) is 30.9 Å². The average Bonchev–Trinajstić information content (AvgIpc) is 2.18. The van der Waals surface area contributed by atoms with E-state index in [4.69, 9.17) is 5.11 Å². The maximum atomic E-state index is 11.2. The van der Waals surface area contributed by atoms with E-state index in [1.807, 2.05) is 19.1 Å². The van der Waals surface area contributed by atoms with E-state index < -0.39 is 11.9 Å². The first-order chi connectivity index (χ1) is 7.06. The molecular formula is C12H14O3. The molecular weight excluding hydrogens is 192 g/mol. The summed E-state index contributed by atoms with van der Waals surface area (Å²) in [5.41, 5.74) is 1.68. The zero-order chi connectivity index (χ0) is 11.4. The second kappa shape index (κ2) is 4.73. The van der Waals surface area contributed by atoms with E-state index in [-0.39, 0.29) is 5.78 Å². The summed E-state index contributed by atoms with van der Waals surface area (Å²) in [6.45, 7) is 3.32. The van der Waals surface area contributed by atoms with Gasteiger partial charge in [-0.15, -0.1) is 0 Å². The fraction of sp³-hybridized carbons (Fsp3) is 0.333. The van der Waals surface area contributed by atoms with Crippen molar-refractivity contribution in [1.82, 2.24) is 0 Å². The van der Waals surface area contributed by atoms with Gasteiger partial charge in [-0.3, -0.25) is 9.59 Å². The van der Waals surface area contributed by atoms with Crippen molar-refractivity contribution in [2.24, 2.45) is 0 Å². The van der Waals surface area contributed by atoms with E-state index in [9.17, 15) is 9.59 Å². The molecule has 1 unspecified atom stereocenters. The number of hydrogen-bond acceptors (Lipinski definition) is 2. The molecule has 0 aliphatic rings. The van der Waals surface area contributed by atoms with E-state index in [2.05, 4.69) is 0 Å². The maximum absolute atomic E-state index is 11.2. The molecule has 0 radical (unpaired) electrons. The largest absolute Gasteiger partial charge is 0.480 e. The summed E-state index contributed by atoms with van der Waals surface area (Å²) >= 11 is 0. The highest BCUT2D eigenvalue weighted by molar-refractivity contribution is 6.02. The minimum Gasteiger partial charge on any atom is -0.480 e. The van der Waals surface area contributed by atoms with Gasteiger partial charge in [0.1, 0.15) is 11.7 Å². The Labute approximate surface area is 88.7 Å². The Balaban J connectivity index is 3.02. The number of carboxylic acid groups (broad SMARTS) is 1. The van der Waals surface area contributed by atoms with E-state index in [0.29, 0.717) is 5.56 Å². The van der Waals surface area contributed by atoms with Crippen LogP contribution in [0.2, 0.25) is 0 Å². The molecule has 0 heterocycles. The predicted molar refractivity (Wildman–Crippen MR) is 56.9 cm³/mol. The van der Waals surface area contributed by atoms with Crippen LogP contribution in [0.25, 0.3) is 0 Å². The number of aliphatic carboxylic acids is 1. The first kappa shape index (κ1) is 11.4. The number of ketones is 1. The minimum atomic E-state index is -1.09. The molecule has 1 N–H and O–H groups in total. The molecule has 0 fully saturated rings. The summed E-state index contributed by atoms with van der Waals surface area (Å²) < 4.78 is 0. The zero-order valence-electron chi connectivity index (χ0n) is 8.86. The fourth-order valence-corrected chi connectivity index (χ4v) is 1.50. The van der Waals surface area contributed by atoms with Gasteiger partial charge < -0.3 is 5.11 Å². The van der Waals surface area contributed by atoms with Crippen LogP contribution in [0.5, 0.6) is 0 Å². The average molecular weight is 206 g/mol. The topological polar surface area (TPSA) is 54.4 Å². The van der Waals surface area contributed by atoms with Crippen LogP contribution in [0.4, 0.5) is 0 Å². The molecule has 1 aromatic rings. The molecule has 1 rings (SSSR count). The summed E-state index contributed by atoms with van der Waals surface area (Å²) in [4.78, 5) is 22.0. The molecule has 0 saturated carbocycles. The standard InChI is InChI=1S/C12H14O3/c1-3-9-4-6-10(7-5-9)11(8(2)13)12(14)15/h4-7,11H,3H2,1-2H3,(H,14,15). The minimum absolute atomic E-state index is 0.341. The molecule has 1 aromatic carbocycles. The molecule has 3 heteroatoms. The van der Waals surface area contributed by atoms with Crippen LogP contribution in [-0.4, -0.2) is 16.9 Å². The number of aryl methyl sites for hydroxylation is 1. The number of benzene rings is 1. The second-order valence-electron chi connectivity index (χ2n) is 3.48. The Kier molecular flexibility index (Phi) is 3.61. The zero-order valence-corrected chi connectivity index (χ0v) is 8.86. The Hall–Kier alpha value is -1.64. The van der Waals surface area contributed by atoms with Crippen LogP contribution in [0, 0.1) is 0 Å². The van der Waals surface area contributed by atoms with Crippen molar-refractivity contribution in [3.63, 3.8) is 0 Å². The Morgan fingerprint density at radius 2 is 1.80 bits per heavy atom. The molecule has 80 valence electrons. The number of Topliss-reactive ketones (excluding diaryl/α,β-unsaturated/α-hetero) is 1. The predicted octanol–water partition coefficient (Wildman–Crippen LogP) is 2.01. The van der Waals surface area contributed by atoms with Crippen molar-refractivity contribution >= 4 is 11.8 Å². The molecule has 1 atom stereocenters. The van der Waals surface area contributed by atoms with Gasteiger partial charge >= 0.3 is 5.97 Å². The Morgan fingerprint density at radius 1 is 1.27 bits per heavy atom. The second-order valence-corrected chi connectivity index (χ2v) is 3.48. The molecule has 3 nitrogen and oxygen atoms in total. The summed E-state index contributed by atoms with van der Waals surface area (Å²) in [6, 6.07) is 7.13. The summed E-state index contributed by atoms with van der Waals surface area (Å²) in [5.74, 6) is -2.46. The lowest BCUT2D eigenvalue weighted by molar-refractivity contribution is -0.142. The number of carbonyl (C=O) groups excluding carboxylic acids is 1. The third kappa shape index (κ3) is 2.65. The molecule has 0 aromatic heterocycles. The number of carboxylic acids is 1. The first-order valence-corrected chi connectivity index (χ1v) is 4.88. The summed E-state index contributed by atoms with van der Waals surface area (Å²) in [6.07, 6.45) is 0.901. The van der Waals surface area contributed by atoms with Gasteiger partial charge in [0.15, 0.2) is 0 Å². The lowest BCUT2D eigenvalue weighted by atomic mass is 9.94. The van der Waals surface area contributed by atoms with Crippen LogP contribution in [0.3, 0.4) is 0 Å². The highest BCUT2D eigenvalue weighted by Gasteiger charge is 2.24. The molecule has 0 saturated heterocycles. The van der Waals surface area contributed by atoms with Crippen molar-refractivity contribution < 1.29 is 14.7 Å². The molecule has 0 bridgehead atoms. The molecule has 15 heavy (non-hydrogen) atoms. The highest BCUT2D eigenvalue weighted by atomic mass is 16.4. The van der Waals surface area contributed by atoms with Crippen molar-refractivity contribution in [3.05, 3.63) is 35.4 Å². The van der Waals surface area contributed by atoms with Gasteiger partial charge in [0, 0.05) is 0 Å². The summed E-state index contributed by atoms with van der Waals surface area (Å²) in [5, 5.41) is 8.90. The van der Waals surface area contributed by atoms with Crippen LogP contribution in [0.15, 0.2) is 24.3 Å². The van der Waals surface area contributed by atoms with Crippen molar-refractivity contribution in [3.8, 4) is 0 Å². The highest BCUT2D eigenvalue weighted by Crippen LogP contribution is 2.18. The third-order valence-electron chi connectivity index (χ3n) is 2.37. The summed E-state index contributed by atoms with van der Waals surface area (Å²) in [7, 11) is 0. The van der Waals surface area contributed by atoms with Crippen LogP contribution in [-0.2, 0) is 16.0 Å².